The molecule has 4 aromatic carbocycles. The molecule has 0 radical (unpaired) electrons. The largest absolute Gasteiger partial charge is 0.310 e. The van der Waals surface area contributed by atoms with Crippen molar-refractivity contribution >= 4 is 23.3 Å². The summed E-state index contributed by atoms with van der Waals surface area (Å²) in [5.41, 5.74) is 7.74. The Hall–Kier alpha value is -3.65. The van der Waals surface area contributed by atoms with E-state index in [4.69, 9.17) is 0 Å². The minimum atomic E-state index is 0.677. The van der Waals surface area contributed by atoms with Gasteiger partial charge in [0.1, 0.15) is 6.29 Å². The van der Waals surface area contributed by atoms with Crippen LogP contribution < -0.4 is 4.90 Å². The standard InChI is InChI=1S/C27H23NO/c1-21-18-24(19-22-8-4-2-5-9-22)14-17-27(21)28(25-10-6-3-7-11-25)26-15-12-23(20-29)13-16-26/h2-18,20H,19H2,1H3. The van der Waals surface area contributed by atoms with E-state index in [0.717, 1.165) is 29.8 Å². The van der Waals surface area contributed by atoms with Crippen LogP contribution in [0.15, 0.2) is 103 Å². The van der Waals surface area contributed by atoms with Crippen molar-refractivity contribution in [2.45, 2.75) is 13.3 Å². The molecule has 0 bridgehead atoms. The Morgan fingerprint density at radius 2 is 1.31 bits per heavy atom. The van der Waals surface area contributed by atoms with Crippen LogP contribution in [0.25, 0.3) is 0 Å². The average molecular weight is 377 g/mol. The predicted octanol–water partition coefficient (Wildman–Crippen LogP) is 6.87. The second-order valence-corrected chi connectivity index (χ2v) is 7.16. The van der Waals surface area contributed by atoms with Crippen LogP contribution >= 0.6 is 0 Å². The molecule has 0 N–H and O–H groups in total. The van der Waals surface area contributed by atoms with E-state index in [0.29, 0.717) is 5.56 Å². The highest BCUT2D eigenvalue weighted by Gasteiger charge is 2.14. The molecule has 29 heavy (non-hydrogen) atoms. The van der Waals surface area contributed by atoms with Gasteiger partial charge in [0, 0.05) is 22.6 Å². The molecule has 2 nitrogen and oxygen atoms in total. The number of hydrogen-bond acceptors (Lipinski definition) is 2. The van der Waals surface area contributed by atoms with Crippen LogP contribution in [0, 0.1) is 6.92 Å². The van der Waals surface area contributed by atoms with Crippen molar-refractivity contribution in [2.24, 2.45) is 0 Å². The zero-order valence-corrected chi connectivity index (χ0v) is 16.5. The number of carbonyl (C=O) groups is 1. The van der Waals surface area contributed by atoms with E-state index in [1.54, 1.807) is 0 Å². The number of aldehydes is 1. The lowest BCUT2D eigenvalue weighted by atomic mass is 10.0. The fourth-order valence-corrected chi connectivity index (χ4v) is 3.62. The Morgan fingerprint density at radius 3 is 1.93 bits per heavy atom. The van der Waals surface area contributed by atoms with Crippen LogP contribution in [0.5, 0.6) is 0 Å². The van der Waals surface area contributed by atoms with Gasteiger partial charge in [0.25, 0.3) is 0 Å². The topological polar surface area (TPSA) is 20.3 Å². The van der Waals surface area contributed by atoms with Gasteiger partial charge in [-0.1, -0.05) is 60.7 Å². The fraction of sp³-hybridized carbons (Fsp3) is 0.0741. The molecule has 0 atom stereocenters. The first-order valence-corrected chi connectivity index (χ1v) is 9.78. The Labute approximate surface area is 172 Å². The summed E-state index contributed by atoms with van der Waals surface area (Å²) in [6, 6.07) is 35.2. The molecule has 0 amide bonds. The number of anilines is 3. The Bertz CT molecular complexity index is 1090. The number of hydrogen-bond donors (Lipinski definition) is 0. The van der Waals surface area contributed by atoms with Crippen molar-refractivity contribution in [1.82, 2.24) is 0 Å². The van der Waals surface area contributed by atoms with E-state index in [1.165, 1.54) is 16.7 Å². The number of benzene rings is 4. The monoisotopic (exact) mass is 377 g/mol. The number of rotatable bonds is 6. The summed E-state index contributed by atoms with van der Waals surface area (Å²) >= 11 is 0. The van der Waals surface area contributed by atoms with Crippen LogP contribution in [0.4, 0.5) is 17.1 Å². The third-order valence-electron chi connectivity index (χ3n) is 5.05. The molecule has 0 heterocycles. The second-order valence-electron chi connectivity index (χ2n) is 7.16. The zero-order chi connectivity index (χ0) is 20.1. The van der Waals surface area contributed by atoms with Gasteiger partial charge in [-0.15, -0.1) is 0 Å². The van der Waals surface area contributed by atoms with Crippen LogP contribution in [0.3, 0.4) is 0 Å². The maximum absolute atomic E-state index is 11.1. The highest BCUT2D eigenvalue weighted by molar-refractivity contribution is 5.81. The summed E-state index contributed by atoms with van der Waals surface area (Å²) in [5.74, 6) is 0. The zero-order valence-electron chi connectivity index (χ0n) is 16.5. The first kappa shape index (κ1) is 18.7. The molecular weight excluding hydrogens is 354 g/mol. The third kappa shape index (κ3) is 4.27. The van der Waals surface area contributed by atoms with Crippen molar-refractivity contribution < 1.29 is 4.79 Å². The average Bonchev–Trinajstić information content (AvgIpc) is 2.77. The summed E-state index contributed by atoms with van der Waals surface area (Å²) < 4.78 is 0. The Kier molecular flexibility index (Phi) is 5.53. The van der Waals surface area contributed by atoms with Gasteiger partial charge in [0.2, 0.25) is 0 Å². The Morgan fingerprint density at radius 1 is 0.690 bits per heavy atom. The number of para-hydroxylation sites is 1. The van der Waals surface area contributed by atoms with Gasteiger partial charge < -0.3 is 4.90 Å². The molecular formula is C27H23NO. The van der Waals surface area contributed by atoms with Crippen LogP contribution in [0.2, 0.25) is 0 Å². The lowest BCUT2D eigenvalue weighted by Gasteiger charge is -2.27. The van der Waals surface area contributed by atoms with Crippen molar-refractivity contribution in [2.75, 3.05) is 4.90 Å². The Balaban J connectivity index is 1.73. The van der Waals surface area contributed by atoms with Crippen molar-refractivity contribution in [3.8, 4) is 0 Å². The summed E-state index contributed by atoms with van der Waals surface area (Å²) in [5, 5.41) is 0. The molecule has 0 fully saturated rings. The number of aryl methyl sites for hydroxylation is 1. The maximum Gasteiger partial charge on any atom is 0.150 e. The molecule has 4 rings (SSSR count). The number of carbonyl (C=O) groups excluding carboxylic acids is 1. The van der Waals surface area contributed by atoms with Crippen LogP contribution in [-0.4, -0.2) is 6.29 Å². The molecule has 0 aliphatic heterocycles. The van der Waals surface area contributed by atoms with Crippen molar-refractivity contribution in [3.63, 3.8) is 0 Å². The molecule has 0 aromatic heterocycles. The van der Waals surface area contributed by atoms with Gasteiger partial charge in [-0.3, -0.25) is 4.79 Å². The molecule has 0 unspecified atom stereocenters. The van der Waals surface area contributed by atoms with Gasteiger partial charge in [-0.05, 0) is 72.5 Å². The summed E-state index contributed by atoms with van der Waals surface area (Å²) in [6.45, 7) is 2.15. The van der Waals surface area contributed by atoms with Gasteiger partial charge in [-0.2, -0.15) is 0 Å². The van der Waals surface area contributed by atoms with Gasteiger partial charge in [-0.25, -0.2) is 0 Å². The first-order chi connectivity index (χ1) is 14.2. The first-order valence-electron chi connectivity index (χ1n) is 9.78. The predicted molar refractivity (Wildman–Crippen MR) is 120 cm³/mol. The molecule has 0 aliphatic carbocycles. The van der Waals surface area contributed by atoms with Gasteiger partial charge in [0.15, 0.2) is 0 Å². The molecule has 0 aliphatic rings. The quantitative estimate of drug-likeness (QED) is 0.342. The highest BCUT2D eigenvalue weighted by Crippen LogP contribution is 2.36. The third-order valence-corrected chi connectivity index (χ3v) is 5.05. The molecule has 0 spiro atoms. The van der Waals surface area contributed by atoms with E-state index in [2.05, 4.69) is 66.4 Å². The fourth-order valence-electron chi connectivity index (χ4n) is 3.62. The molecule has 4 aromatic rings. The van der Waals surface area contributed by atoms with E-state index in [1.807, 2.05) is 48.5 Å². The van der Waals surface area contributed by atoms with Crippen LogP contribution in [-0.2, 0) is 6.42 Å². The minimum absolute atomic E-state index is 0.677. The van der Waals surface area contributed by atoms with E-state index in [-0.39, 0.29) is 0 Å². The summed E-state index contributed by atoms with van der Waals surface area (Å²) in [6.07, 6.45) is 1.79. The molecule has 0 saturated carbocycles. The van der Waals surface area contributed by atoms with E-state index >= 15 is 0 Å². The van der Waals surface area contributed by atoms with Crippen molar-refractivity contribution in [1.29, 1.82) is 0 Å². The van der Waals surface area contributed by atoms with Crippen LogP contribution in [0.1, 0.15) is 27.0 Å². The SMILES string of the molecule is Cc1cc(Cc2ccccc2)ccc1N(c1ccccc1)c1ccc(C=O)cc1. The lowest BCUT2D eigenvalue weighted by molar-refractivity contribution is 0.112. The number of nitrogens with zero attached hydrogens (tertiary/aromatic N) is 1. The molecule has 2 heteroatoms. The summed E-state index contributed by atoms with van der Waals surface area (Å²) in [7, 11) is 0. The normalized spacial score (nSPS) is 10.5. The maximum atomic E-state index is 11.1. The summed E-state index contributed by atoms with van der Waals surface area (Å²) in [4.78, 5) is 13.3. The van der Waals surface area contributed by atoms with E-state index < -0.39 is 0 Å². The van der Waals surface area contributed by atoms with Crippen molar-refractivity contribution in [3.05, 3.63) is 125 Å². The van der Waals surface area contributed by atoms with E-state index in [9.17, 15) is 4.79 Å². The second kappa shape index (κ2) is 8.57. The lowest BCUT2D eigenvalue weighted by Crippen LogP contribution is -2.11. The smallest absolute Gasteiger partial charge is 0.150 e. The minimum Gasteiger partial charge on any atom is -0.310 e. The molecule has 0 saturated heterocycles. The van der Waals surface area contributed by atoms with Gasteiger partial charge in [0.05, 0.1) is 0 Å². The highest BCUT2D eigenvalue weighted by atomic mass is 16.1. The molecule has 142 valence electrons. The van der Waals surface area contributed by atoms with Gasteiger partial charge >= 0.3 is 0 Å².